The van der Waals surface area contributed by atoms with Gasteiger partial charge in [0.25, 0.3) is 0 Å². The van der Waals surface area contributed by atoms with Crippen LogP contribution < -0.4 is 10.6 Å². The van der Waals surface area contributed by atoms with Crippen LogP contribution in [0.1, 0.15) is 38.8 Å². The predicted octanol–water partition coefficient (Wildman–Crippen LogP) is 3.40. The van der Waals surface area contributed by atoms with E-state index >= 15 is 0 Å². The first-order valence-corrected chi connectivity index (χ1v) is 7.01. The Morgan fingerprint density at radius 1 is 1.16 bits per heavy atom. The SMILES string of the molecule is Cc1cc(N(CC(C)C)CC(C)C)ccc1C(=N)N. The van der Waals surface area contributed by atoms with Crippen LogP contribution in [0.4, 0.5) is 5.69 Å². The minimum atomic E-state index is 0.142. The van der Waals surface area contributed by atoms with Gasteiger partial charge in [-0.2, -0.15) is 0 Å². The fraction of sp³-hybridized carbons (Fsp3) is 0.562. The Hall–Kier alpha value is -1.51. The Morgan fingerprint density at radius 3 is 2.05 bits per heavy atom. The van der Waals surface area contributed by atoms with E-state index in [2.05, 4.69) is 44.7 Å². The van der Waals surface area contributed by atoms with E-state index in [-0.39, 0.29) is 5.84 Å². The lowest BCUT2D eigenvalue weighted by Crippen LogP contribution is -2.31. The number of anilines is 1. The molecule has 0 saturated carbocycles. The van der Waals surface area contributed by atoms with Crippen LogP contribution in [-0.2, 0) is 0 Å². The van der Waals surface area contributed by atoms with E-state index in [9.17, 15) is 0 Å². The van der Waals surface area contributed by atoms with Gasteiger partial charge in [0.15, 0.2) is 0 Å². The van der Waals surface area contributed by atoms with Gasteiger partial charge in [-0.1, -0.05) is 27.7 Å². The summed E-state index contributed by atoms with van der Waals surface area (Å²) < 4.78 is 0. The third-order valence-corrected chi connectivity index (χ3v) is 3.04. The molecule has 106 valence electrons. The number of hydrogen-bond donors (Lipinski definition) is 2. The van der Waals surface area contributed by atoms with Gasteiger partial charge in [-0.3, -0.25) is 5.41 Å². The molecule has 19 heavy (non-hydrogen) atoms. The lowest BCUT2D eigenvalue weighted by Gasteiger charge is -2.29. The fourth-order valence-corrected chi connectivity index (χ4v) is 2.31. The smallest absolute Gasteiger partial charge is 0.123 e. The van der Waals surface area contributed by atoms with Crippen LogP contribution in [0.5, 0.6) is 0 Å². The normalized spacial score (nSPS) is 11.1. The topological polar surface area (TPSA) is 53.1 Å². The van der Waals surface area contributed by atoms with Crippen molar-refractivity contribution in [3.05, 3.63) is 29.3 Å². The molecular formula is C16H27N3. The monoisotopic (exact) mass is 261 g/mol. The summed E-state index contributed by atoms with van der Waals surface area (Å²) in [5.41, 5.74) is 8.70. The summed E-state index contributed by atoms with van der Waals surface area (Å²) in [6.45, 7) is 13.1. The molecule has 3 heteroatoms. The Balaban J connectivity index is 3.02. The van der Waals surface area contributed by atoms with Crippen molar-refractivity contribution in [1.29, 1.82) is 5.41 Å². The van der Waals surface area contributed by atoms with Crippen molar-refractivity contribution in [2.24, 2.45) is 17.6 Å². The molecule has 0 spiro atoms. The van der Waals surface area contributed by atoms with Crippen molar-refractivity contribution < 1.29 is 0 Å². The molecule has 0 aliphatic rings. The van der Waals surface area contributed by atoms with Crippen molar-refractivity contribution in [3.63, 3.8) is 0 Å². The second-order valence-corrected chi connectivity index (χ2v) is 6.11. The van der Waals surface area contributed by atoms with Gasteiger partial charge in [-0.25, -0.2) is 0 Å². The second-order valence-electron chi connectivity index (χ2n) is 6.11. The molecule has 0 aliphatic heterocycles. The van der Waals surface area contributed by atoms with Crippen LogP contribution in [0.2, 0.25) is 0 Å². The van der Waals surface area contributed by atoms with Gasteiger partial charge in [-0.15, -0.1) is 0 Å². The van der Waals surface area contributed by atoms with E-state index in [0.29, 0.717) is 11.8 Å². The summed E-state index contributed by atoms with van der Waals surface area (Å²) in [4.78, 5) is 2.42. The third-order valence-electron chi connectivity index (χ3n) is 3.04. The number of benzene rings is 1. The Kier molecular flexibility index (Phi) is 5.40. The van der Waals surface area contributed by atoms with Gasteiger partial charge in [0, 0.05) is 24.3 Å². The molecule has 1 rings (SSSR count). The number of nitrogens with two attached hydrogens (primary N) is 1. The number of amidine groups is 1. The molecule has 1 aromatic rings. The number of rotatable bonds is 6. The molecule has 0 atom stereocenters. The average molecular weight is 261 g/mol. The van der Waals surface area contributed by atoms with Gasteiger partial charge < -0.3 is 10.6 Å². The highest BCUT2D eigenvalue weighted by Gasteiger charge is 2.12. The van der Waals surface area contributed by atoms with E-state index in [1.165, 1.54) is 5.69 Å². The van der Waals surface area contributed by atoms with E-state index in [0.717, 1.165) is 24.2 Å². The molecule has 0 saturated heterocycles. The molecule has 3 nitrogen and oxygen atoms in total. The summed E-state index contributed by atoms with van der Waals surface area (Å²) in [5, 5.41) is 7.54. The van der Waals surface area contributed by atoms with Crippen molar-refractivity contribution in [3.8, 4) is 0 Å². The van der Waals surface area contributed by atoms with Crippen LogP contribution in [0.15, 0.2) is 18.2 Å². The Morgan fingerprint density at radius 2 is 1.68 bits per heavy atom. The molecule has 0 unspecified atom stereocenters. The van der Waals surface area contributed by atoms with E-state index < -0.39 is 0 Å². The summed E-state index contributed by atoms with van der Waals surface area (Å²) in [6, 6.07) is 6.18. The minimum absolute atomic E-state index is 0.142. The van der Waals surface area contributed by atoms with E-state index in [4.69, 9.17) is 11.1 Å². The quantitative estimate of drug-likeness (QED) is 0.609. The zero-order chi connectivity index (χ0) is 14.6. The number of nitrogens with zero attached hydrogens (tertiary/aromatic N) is 1. The molecule has 0 aliphatic carbocycles. The number of nitrogens with one attached hydrogen (secondary N) is 1. The molecule has 1 aromatic carbocycles. The molecular weight excluding hydrogens is 234 g/mol. The lowest BCUT2D eigenvalue weighted by molar-refractivity contribution is 0.552. The molecule has 0 radical (unpaired) electrons. The van der Waals surface area contributed by atoms with Crippen LogP contribution >= 0.6 is 0 Å². The second kappa shape index (κ2) is 6.60. The first kappa shape index (κ1) is 15.5. The van der Waals surface area contributed by atoms with Crippen LogP contribution in [-0.4, -0.2) is 18.9 Å². The van der Waals surface area contributed by atoms with E-state index in [1.807, 2.05) is 13.0 Å². The highest BCUT2D eigenvalue weighted by molar-refractivity contribution is 5.96. The number of hydrogen-bond acceptors (Lipinski definition) is 2. The maximum atomic E-state index is 7.54. The van der Waals surface area contributed by atoms with Crippen molar-refractivity contribution in [1.82, 2.24) is 0 Å². The van der Waals surface area contributed by atoms with Crippen molar-refractivity contribution in [2.45, 2.75) is 34.6 Å². The van der Waals surface area contributed by atoms with Gasteiger partial charge in [0.05, 0.1) is 0 Å². The minimum Gasteiger partial charge on any atom is -0.384 e. The van der Waals surface area contributed by atoms with Gasteiger partial charge in [0.2, 0.25) is 0 Å². The summed E-state index contributed by atoms with van der Waals surface area (Å²) in [5.74, 6) is 1.40. The first-order valence-electron chi connectivity index (χ1n) is 7.01. The zero-order valence-corrected chi connectivity index (χ0v) is 12.8. The largest absolute Gasteiger partial charge is 0.384 e. The molecule has 3 N–H and O–H groups in total. The standard InChI is InChI=1S/C16H27N3/c1-11(2)9-19(10-12(3)4)14-6-7-15(16(17)18)13(5)8-14/h6-8,11-12H,9-10H2,1-5H3,(H3,17,18). The molecule has 0 amide bonds. The molecule has 0 aromatic heterocycles. The first-order chi connectivity index (χ1) is 8.81. The van der Waals surface area contributed by atoms with Crippen molar-refractivity contribution >= 4 is 11.5 Å². The van der Waals surface area contributed by atoms with Crippen molar-refractivity contribution in [2.75, 3.05) is 18.0 Å². The summed E-state index contributed by atoms with van der Waals surface area (Å²) >= 11 is 0. The van der Waals surface area contributed by atoms with Crippen LogP contribution in [0, 0.1) is 24.2 Å². The zero-order valence-electron chi connectivity index (χ0n) is 12.8. The predicted molar refractivity (Wildman–Crippen MR) is 84.1 cm³/mol. The van der Waals surface area contributed by atoms with Gasteiger partial charge in [0.1, 0.15) is 5.84 Å². The van der Waals surface area contributed by atoms with Gasteiger partial charge >= 0.3 is 0 Å². The third kappa shape index (κ3) is 4.58. The Bertz CT molecular complexity index is 426. The molecule has 0 heterocycles. The maximum Gasteiger partial charge on any atom is 0.123 e. The average Bonchev–Trinajstić information content (AvgIpc) is 2.26. The highest BCUT2D eigenvalue weighted by atomic mass is 15.1. The number of aryl methyl sites for hydroxylation is 1. The summed E-state index contributed by atoms with van der Waals surface area (Å²) in [6.07, 6.45) is 0. The number of nitrogen functional groups attached to an aromatic ring is 1. The van der Waals surface area contributed by atoms with E-state index in [1.54, 1.807) is 0 Å². The molecule has 0 bridgehead atoms. The lowest BCUT2D eigenvalue weighted by atomic mass is 10.0. The van der Waals surface area contributed by atoms with Crippen LogP contribution in [0.3, 0.4) is 0 Å². The maximum absolute atomic E-state index is 7.54. The van der Waals surface area contributed by atoms with Crippen LogP contribution in [0.25, 0.3) is 0 Å². The highest BCUT2D eigenvalue weighted by Crippen LogP contribution is 2.21. The summed E-state index contributed by atoms with van der Waals surface area (Å²) in [7, 11) is 0. The van der Waals surface area contributed by atoms with Gasteiger partial charge in [-0.05, 0) is 42.5 Å². The fourth-order valence-electron chi connectivity index (χ4n) is 2.31. The Labute approximate surface area is 117 Å². The molecule has 0 fully saturated rings.